The van der Waals surface area contributed by atoms with Crippen molar-refractivity contribution in [1.29, 1.82) is 0 Å². The molecule has 19 heavy (non-hydrogen) atoms. The summed E-state index contributed by atoms with van der Waals surface area (Å²) in [7, 11) is 0. The van der Waals surface area contributed by atoms with E-state index in [9.17, 15) is 4.79 Å². The molecule has 5 rings (SSSR count). The second-order valence-electron chi connectivity index (χ2n) is 9.52. The molecule has 0 aromatic rings. The molecule has 2 heteroatoms. The van der Waals surface area contributed by atoms with Crippen LogP contribution in [-0.4, -0.2) is 11.9 Å². The van der Waals surface area contributed by atoms with Gasteiger partial charge in [0.05, 0.1) is 5.41 Å². The van der Waals surface area contributed by atoms with E-state index in [2.05, 4.69) is 26.1 Å². The highest BCUT2D eigenvalue weighted by Gasteiger charge is 2.66. The smallest absolute Gasteiger partial charge is 0.226 e. The van der Waals surface area contributed by atoms with Crippen LogP contribution in [0, 0.1) is 21.7 Å². The van der Waals surface area contributed by atoms with E-state index in [0.29, 0.717) is 28.2 Å². The van der Waals surface area contributed by atoms with Crippen molar-refractivity contribution in [2.75, 3.05) is 0 Å². The fourth-order valence-electron chi connectivity index (χ4n) is 7.10. The fourth-order valence-corrected chi connectivity index (χ4v) is 7.10. The molecule has 0 spiro atoms. The summed E-state index contributed by atoms with van der Waals surface area (Å²) in [5.74, 6) is 0.401. The molecule has 1 amide bonds. The van der Waals surface area contributed by atoms with Gasteiger partial charge in [0.25, 0.3) is 0 Å². The van der Waals surface area contributed by atoms with Crippen molar-refractivity contribution in [3.8, 4) is 0 Å². The summed E-state index contributed by atoms with van der Waals surface area (Å²) in [6, 6.07) is 0.508. The van der Waals surface area contributed by atoms with Gasteiger partial charge in [0.1, 0.15) is 0 Å². The van der Waals surface area contributed by atoms with Crippen LogP contribution in [0.2, 0.25) is 0 Å². The number of hydrogen-bond acceptors (Lipinski definition) is 1. The lowest BCUT2D eigenvalue weighted by molar-refractivity contribution is -0.191. The van der Waals surface area contributed by atoms with Gasteiger partial charge in [-0.1, -0.05) is 20.8 Å². The highest BCUT2D eigenvalue weighted by Crippen LogP contribution is 2.73. The van der Waals surface area contributed by atoms with Gasteiger partial charge in [-0.2, -0.15) is 0 Å². The largest absolute Gasteiger partial charge is 0.353 e. The Morgan fingerprint density at radius 3 is 1.63 bits per heavy atom. The predicted molar refractivity (Wildman–Crippen MR) is 75.6 cm³/mol. The Hall–Kier alpha value is -0.530. The molecule has 4 bridgehead atoms. The van der Waals surface area contributed by atoms with Gasteiger partial charge in [0.2, 0.25) is 5.91 Å². The van der Waals surface area contributed by atoms with Gasteiger partial charge in [-0.3, -0.25) is 4.79 Å². The van der Waals surface area contributed by atoms with E-state index in [1.807, 2.05) is 0 Å². The first kappa shape index (κ1) is 12.2. The van der Waals surface area contributed by atoms with Crippen LogP contribution < -0.4 is 5.32 Å². The number of rotatable bonds is 2. The molecule has 0 atom stereocenters. The quantitative estimate of drug-likeness (QED) is 0.807. The van der Waals surface area contributed by atoms with Crippen molar-refractivity contribution in [2.24, 2.45) is 21.7 Å². The Bertz CT molecular complexity index is 397. The molecule has 1 N–H and O–H groups in total. The normalized spacial score (nSPS) is 55.3. The molecule has 5 saturated carbocycles. The van der Waals surface area contributed by atoms with E-state index in [1.165, 1.54) is 32.1 Å². The molecule has 0 radical (unpaired) electrons. The van der Waals surface area contributed by atoms with Gasteiger partial charge < -0.3 is 5.32 Å². The van der Waals surface area contributed by atoms with Crippen molar-refractivity contribution in [3.05, 3.63) is 0 Å². The zero-order chi connectivity index (χ0) is 13.5. The second kappa shape index (κ2) is 3.20. The molecular weight excluding hydrogens is 234 g/mol. The standard InChI is InChI=1S/C17H27NO/c1-14-6-15(2)8-16(3,7-14)11-17(9-14,10-15)13(19)18-12-4-5-12/h12H,4-11H2,1-3H3,(H,18,19). The van der Waals surface area contributed by atoms with Crippen LogP contribution in [-0.2, 0) is 4.79 Å². The molecule has 0 aliphatic heterocycles. The Balaban J connectivity index is 1.70. The van der Waals surface area contributed by atoms with Crippen LogP contribution in [0.3, 0.4) is 0 Å². The summed E-state index contributed by atoms with van der Waals surface area (Å²) < 4.78 is 0. The SMILES string of the molecule is CC12CC3(C)CC(C)(C1)CC(C(=O)NC1CC1)(C2)C3. The average Bonchev–Trinajstić information content (AvgIpc) is 2.93. The first-order valence-corrected chi connectivity index (χ1v) is 8.05. The summed E-state index contributed by atoms with van der Waals surface area (Å²) in [5.41, 5.74) is 1.22. The molecule has 0 aromatic carbocycles. The highest BCUT2D eigenvalue weighted by atomic mass is 16.2. The minimum absolute atomic E-state index is 0.0322. The lowest BCUT2D eigenvalue weighted by Gasteiger charge is -2.68. The fraction of sp³-hybridized carbons (Fsp3) is 0.941. The van der Waals surface area contributed by atoms with Gasteiger partial charge >= 0.3 is 0 Å². The van der Waals surface area contributed by atoms with Crippen molar-refractivity contribution < 1.29 is 4.79 Å². The van der Waals surface area contributed by atoms with Crippen molar-refractivity contribution in [2.45, 2.75) is 78.2 Å². The summed E-state index contributed by atoms with van der Waals surface area (Å²) >= 11 is 0. The Morgan fingerprint density at radius 2 is 1.26 bits per heavy atom. The van der Waals surface area contributed by atoms with Crippen molar-refractivity contribution in [3.63, 3.8) is 0 Å². The lowest BCUT2D eigenvalue weighted by Crippen LogP contribution is -2.63. The zero-order valence-electron chi connectivity index (χ0n) is 12.6. The Labute approximate surface area is 116 Å². The summed E-state index contributed by atoms with van der Waals surface area (Å²) in [6.45, 7) is 7.33. The highest BCUT2D eigenvalue weighted by molar-refractivity contribution is 5.84. The van der Waals surface area contributed by atoms with E-state index in [1.54, 1.807) is 0 Å². The van der Waals surface area contributed by atoms with Crippen molar-refractivity contribution in [1.82, 2.24) is 5.32 Å². The van der Waals surface area contributed by atoms with Gasteiger partial charge in [0, 0.05) is 6.04 Å². The van der Waals surface area contributed by atoms with Gasteiger partial charge in [0.15, 0.2) is 0 Å². The number of carbonyl (C=O) groups excluding carboxylic acids is 1. The predicted octanol–water partition coefficient (Wildman–Crippen LogP) is 3.65. The number of nitrogens with one attached hydrogen (secondary N) is 1. The number of hydrogen-bond donors (Lipinski definition) is 1. The van der Waals surface area contributed by atoms with E-state index in [0.717, 1.165) is 19.3 Å². The van der Waals surface area contributed by atoms with Crippen LogP contribution in [0.5, 0.6) is 0 Å². The maximum atomic E-state index is 12.9. The van der Waals surface area contributed by atoms with E-state index >= 15 is 0 Å². The maximum Gasteiger partial charge on any atom is 0.226 e. The molecule has 0 heterocycles. The van der Waals surface area contributed by atoms with Crippen LogP contribution >= 0.6 is 0 Å². The molecule has 2 nitrogen and oxygen atoms in total. The Morgan fingerprint density at radius 1 is 0.842 bits per heavy atom. The first-order chi connectivity index (χ1) is 8.74. The summed E-state index contributed by atoms with van der Waals surface area (Å²) in [6.07, 6.45) is 9.86. The topological polar surface area (TPSA) is 29.1 Å². The average molecular weight is 261 g/mol. The lowest BCUT2D eigenvalue weighted by atomic mass is 9.36. The minimum atomic E-state index is -0.0322. The molecule has 0 unspecified atom stereocenters. The minimum Gasteiger partial charge on any atom is -0.353 e. The third-order valence-corrected chi connectivity index (χ3v) is 6.25. The first-order valence-electron chi connectivity index (χ1n) is 8.05. The molecule has 0 saturated heterocycles. The second-order valence-corrected chi connectivity index (χ2v) is 9.52. The monoisotopic (exact) mass is 261 g/mol. The molecule has 106 valence electrons. The zero-order valence-corrected chi connectivity index (χ0v) is 12.6. The molecule has 5 fully saturated rings. The van der Waals surface area contributed by atoms with Gasteiger partial charge in [-0.15, -0.1) is 0 Å². The molecule has 5 aliphatic rings. The number of amides is 1. The van der Waals surface area contributed by atoms with Crippen LogP contribution in [0.25, 0.3) is 0 Å². The Kier molecular flexibility index (Phi) is 2.06. The molecular formula is C17H27NO. The van der Waals surface area contributed by atoms with E-state index in [4.69, 9.17) is 0 Å². The van der Waals surface area contributed by atoms with Crippen LogP contribution in [0.15, 0.2) is 0 Å². The third kappa shape index (κ3) is 1.78. The third-order valence-electron chi connectivity index (χ3n) is 6.25. The number of carbonyl (C=O) groups is 1. The van der Waals surface area contributed by atoms with Gasteiger partial charge in [-0.05, 0) is 67.6 Å². The van der Waals surface area contributed by atoms with Gasteiger partial charge in [-0.25, -0.2) is 0 Å². The van der Waals surface area contributed by atoms with Crippen LogP contribution in [0.1, 0.15) is 72.1 Å². The molecule has 0 aromatic heterocycles. The van der Waals surface area contributed by atoms with Crippen molar-refractivity contribution >= 4 is 5.91 Å². The van der Waals surface area contributed by atoms with E-state index < -0.39 is 0 Å². The summed E-state index contributed by atoms with van der Waals surface area (Å²) in [5, 5.41) is 3.32. The van der Waals surface area contributed by atoms with Crippen LogP contribution in [0.4, 0.5) is 0 Å². The van der Waals surface area contributed by atoms with E-state index in [-0.39, 0.29) is 5.41 Å². The maximum absolute atomic E-state index is 12.9. The summed E-state index contributed by atoms with van der Waals surface area (Å²) in [4.78, 5) is 12.9. The molecule has 5 aliphatic carbocycles.